The Balaban J connectivity index is 1.74. The van der Waals surface area contributed by atoms with E-state index in [4.69, 9.17) is 0 Å². The van der Waals surface area contributed by atoms with Crippen molar-refractivity contribution < 1.29 is 17.9 Å². The van der Waals surface area contributed by atoms with Crippen LogP contribution in [0.4, 0.5) is 13.2 Å². The first kappa shape index (κ1) is 13.9. The second-order valence-electron chi connectivity index (χ2n) is 4.79. The van der Waals surface area contributed by atoms with E-state index in [-0.39, 0.29) is 6.61 Å². The van der Waals surface area contributed by atoms with Gasteiger partial charge in [0, 0.05) is 28.4 Å². The van der Waals surface area contributed by atoms with E-state index in [0.717, 1.165) is 21.9 Å². The molecule has 1 N–H and O–H groups in total. The molecule has 3 rings (SSSR count). The van der Waals surface area contributed by atoms with Gasteiger partial charge in [0.05, 0.1) is 6.61 Å². The topological polar surface area (TPSA) is 37.9 Å². The number of para-hydroxylation sites is 1. The third-order valence-electron chi connectivity index (χ3n) is 3.19. The maximum absolute atomic E-state index is 12.0. The molecule has 3 aromatic rings. The Hall–Kier alpha value is -2.08. The number of pyridine rings is 1. The van der Waals surface area contributed by atoms with Crippen LogP contribution in [-0.2, 0) is 11.2 Å². The van der Waals surface area contributed by atoms with Crippen LogP contribution in [0, 0.1) is 0 Å². The lowest BCUT2D eigenvalue weighted by Crippen LogP contribution is -2.18. The van der Waals surface area contributed by atoms with E-state index < -0.39 is 12.8 Å². The first-order valence-electron chi connectivity index (χ1n) is 6.54. The smallest absolute Gasteiger partial charge is 0.372 e. The van der Waals surface area contributed by atoms with Gasteiger partial charge in [-0.1, -0.05) is 18.2 Å². The van der Waals surface area contributed by atoms with Crippen molar-refractivity contribution in [3.63, 3.8) is 0 Å². The lowest BCUT2D eigenvalue weighted by Gasteiger charge is -2.07. The number of nitrogens with one attached hydrogen (secondary N) is 1. The zero-order valence-electron chi connectivity index (χ0n) is 11.1. The minimum absolute atomic E-state index is 0.00174. The van der Waals surface area contributed by atoms with Gasteiger partial charge < -0.3 is 9.72 Å². The first-order valence-corrected chi connectivity index (χ1v) is 6.54. The summed E-state index contributed by atoms with van der Waals surface area (Å²) in [5, 5.41) is 2.09. The molecule has 0 saturated heterocycles. The summed E-state index contributed by atoms with van der Waals surface area (Å²) in [4.78, 5) is 7.63. The number of rotatable bonds is 4. The number of benzene rings is 1. The number of fused-ring (bicyclic) bond motifs is 3. The molecule has 0 aliphatic heterocycles. The highest BCUT2D eigenvalue weighted by Crippen LogP contribution is 2.24. The molecule has 0 radical (unpaired) electrons. The maximum atomic E-state index is 12.0. The summed E-state index contributed by atoms with van der Waals surface area (Å²) in [5.74, 6) is 0. The molecule has 110 valence electrons. The molecular weight excluding hydrogens is 281 g/mol. The molecule has 21 heavy (non-hydrogen) atoms. The van der Waals surface area contributed by atoms with Gasteiger partial charge >= 0.3 is 6.18 Å². The molecule has 0 unspecified atom stereocenters. The molecule has 2 aromatic heterocycles. The van der Waals surface area contributed by atoms with E-state index in [1.165, 1.54) is 0 Å². The van der Waals surface area contributed by atoms with Crippen LogP contribution < -0.4 is 0 Å². The lowest BCUT2D eigenvalue weighted by molar-refractivity contribution is -0.173. The van der Waals surface area contributed by atoms with Crippen LogP contribution in [0.15, 0.2) is 36.4 Å². The Morgan fingerprint density at radius 1 is 1.05 bits per heavy atom. The number of halogens is 3. The third-order valence-corrected chi connectivity index (χ3v) is 3.19. The van der Waals surface area contributed by atoms with Crippen LogP contribution >= 0.6 is 0 Å². The fourth-order valence-electron chi connectivity index (χ4n) is 2.27. The number of hydrogen-bond acceptors (Lipinski definition) is 2. The van der Waals surface area contributed by atoms with Gasteiger partial charge in [-0.05, 0) is 18.2 Å². The van der Waals surface area contributed by atoms with Crippen molar-refractivity contribution >= 4 is 21.9 Å². The van der Waals surface area contributed by atoms with Crippen molar-refractivity contribution in [3.8, 4) is 0 Å². The van der Waals surface area contributed by atoms with Gasteiger partial charge in [-0.3, -0.25) is 0 Å². The summed E-state index contributed by atoms with van der Waals surface area (Å²) in [5.41, 5.74) is 2.44. The SMILES string of the molecule is FC(F)(F)COCCc1ccc2c(n1)[nH]c1ccccc12. The summed E-state index contributed by atoms with van der Waals surface area (Å²) < 4.78 is 40.5. The van der Waals surface area contributed by atoms with Crippen molar-refractivity contribution in [2.75, 3.05) is 13.2 Å². The van der Waals surface area contributed by atoms with Crippen molar-refractivity contribution in [1.29, 1.82) is 0 Å². The summed E-state index contributed by atoms with van der Waals surface area (Å²) in [7, 11) is 0. The summed E-state index contributed by atoms with van der Waals surface area (Å²) in [6.45, 7) is -1.22. The van der Waals surface area contributed by atoms with Crippen LogP contribution in [0.1, 0.15) is 5.69 Å². The number of ether oxygens (including phenoxy) is 1. The third kappa shape index (κ3) is 3.16. The average molecular weight is 294 g/mol. The average Bonchev–Trinajstić information content (AvgIpc) is 2.80. The standard InChI is InChI=1S/C15H13F3N2O/c16-15(17,18)9-21-8-7-10-5-6-12-11-3-1-2-4-13(11)20-14(12)19-10/h1-6H,7-9H2,(H,19,20). The van der Waals surface area contributed by atoms with Crippen LogP contribution in [-0.4, -0.2) is 29.4 Å². The van der Waals surface area contributed by atoms with E-state index in [0.29, 0.717) is 12.1 Å². The summed E-state index contributed by atoms with van der Waals surface area (Å²) in [6.07, 6.45) is -3.93. The molecule has 0 saturated carbocycles. The Morgan fingerprint density at radius 3 is 2.67 bits per heavy atom. The lowest BCUT2D eigenvalue weighted by atomic mass is 10.2. The fraction of sp³-hybridized carbons (Fsp3) is 0.267. The number of aromatic amines is 1. The van der Waals surface area contributed by atoms with Gasteiger partial charge in [-0.2, -0.15) is 13.2 Å². The van der Waals surface area contributed by atoms with Crippen LogP contribution in [0.25, 0.3) is 21.9 Å². The van der Waals surface area contributed by atoms with Gasteiger partial charge in [0.2, 0.25) is 0 Å². The number of H-pyrrole nitrogens is 1. The zero-order chi connectivity index (χ0) is 14.9. The molecule has 0 fully saturated rings. The van der Waals surface area contributed by atoms with Crippen LogP contribution in [0.3, 0.4) is 0 Å². The van der Waals surface area contributed by atoms with Crippen LogP contribution in [0.5, 0.6) is 0 Å². The largest absolute Gasteiger partial charge is 0.411 e. The van der Waals surface area contributed by atoms with Gasteiger partial charge in [-0.15, -0.1) is 0 Å². The molecule has 3 nitrogen and oxygen atoms in total. The Labute approximate surface area is 118 Å². The maximum Gasteiger partial charge on any atom is 0.411 e. The quantitative estimate of drug-likeness (QED) is 0.742. The van der Waals surface area contributed by atoms with Gasteiger partial charge in [0.25, 0.3) is 0 Å². The molecule has 0 atom stereocenters. The van der Waals surface area contributed by atoms with Crippen molar-refractivity contribution in [3.05, 3.63) is 42.1 Å². The molecule has 0 aliphatic rings. The predicted octanol–water partition coefficient (Wildman–Crippen LogP) is 3.84. The number of nitrogens with zero attached hydrogens (tertiary/aromatic N) is 1. The molecule has 6 heteroatoms. The van der Waals surface area contributed by atoms with E-state index in [2.05, 4.69) is 14.7 Å². The number of alkyl halides is 3. The van der Waals surface area contributed by atoms with Crippen molar-refractivity contribution in [2.45, 2.75) is 12.6 Å². The second-order valence-corrected chi connectivity index (χ2v) is 4.79. The van der Waals surface area contributed by atoms with E-state index in [1.54, 1.807) is 0 Å². The molecule has 0 amide bonds. The fourth-order valence-corrected chi connectivity index (χ4v) is 2.27. The molecule has 1 aromatic carbocycles. The molecule has 0 bridgehead atoms. The van der Waals surface area contributed by atoms with Crippen molar-refractivity contribution in [1.82, 2.24) is 9.97 Å². The minimum Gasteiger partial charge on any atom is -0.372 e. The highest BCUT2D eigenvalue weighted by Gasteiger charge is 2.27. The number of aromatic nitrogens is 2. The van der Waals surface area contributed by atoms with Gasteiger partial charge in [0.15, 0.2) is 0 Å². The Kier molecular flexibility index (Phi) is 3.55. The highest BCUT2D eigenvalue weighted by molar-refractivity contribution is 6.05. The van der Waals surface area contributed by atoms with Crippen LogP contribution in [0.2, 0.25) is 0 Å². The van der Waals surface area contributed by atoms with E-state index in [1.807, 2.05) is 36.4 Å². The van der Waals surface area contributed by atoms with E-state index >= 15 is 0 Å². The summed E-state index contributed by atoms with van der Waals surface area (Å²) >= 11 is 0. The molecule has 0 aliphatic carbocycles. The normalized spacial score (nSPS) is 12.3. The summed E-state index contributed by atoms with van der Waals surface area (Å²) in [6, 6.07) is 11.6. The zero-order valence-corrected chi connectivity index (χ0v) is 11.1. The molecular formula is C15H13F3N2O. The van der Waals surface area contributed by atoms with E-state index in [9.17, 15) is 13.2 Å². The monoisotopic (exact) mass is 294 g/mol. The molecule has 0 spiro atoms. The Bertz CT molecular complexity index is 764. The van der Waals surface area contributed by atoms with Gasteiger partial charge in [0.1, 0.15) is 12.3 Å². The first-order chi connectivity index (χ1) is 10.0. The highest BCUT2D eigenvalue weighted by atomic mass is 19.4. The molecule has 2 heterocycles. The van der Waals surface area contributed by atoms with Gasteiger partial charge in [-0.25, -0.2) is 4.98 Å². The van der Waals surface area contributed by atoms with Crippen molar-refractivity contribution in [2.24, 2.45) is 0 Å². The predicted molar refractivity (Wildman–Crippen MR) is 74.2 cm³/mol. The minimum atomic E-state index is -4.28. The Morgan fingerprint density at radius 2 is 1.86 bits per heavy atom. The number of hydrogen-bond donors (Lipinski definition) is 1. The second kappa shape index (κ2) is 5.37.